The van der Waals surface area contributed by atoms with Gasteiger partial charge in [-0.15, -0.1) is 0 Å². The molecule has 1 aromatic heterocycles. The number of nitrogens with zero attached hydrogens (tertiary/aromatic N) is 1. The zero-order valence-electron chi connectivity index (χ0n) is 21.3. The number of rotatable bonds is 2. The highest BCUT2D eigenvalue weighted by Gasteiger charge is 2.29. The van der Waals surface area contributed by atoms with E-state index < -0.39 is 0 Å². The van der Waals surface area contributed by atoms with Gasteiger partial charge in [0, 0.05) is 11.1 Å². The average molecular weight is 433 g/mol. The first-order chi connectivity index (χ1) is 15.4. The Hall–Kier alpha value is -2.74. The molecule has 2 nitrogen and oxygen atoms in total. The molecule has 1 aliphatic heterocycles. The van der Waals surface area contributed by atoms with Crippen LogP contribution in [-0.4, -0.2) is 20.7 Å². The lowest BCUT2D eigenvalue weighted by Gasteiger charge is -2.29. The van der Waals surface area contributed by atoms with Crippen LogP contribution in [0.1, 0.15) is 52.7 Å². The van der Waals surface area contributed by atoms with E-state index >= 15 is 0 Å². The van der Waals surface area contributed by atoms with Crippen molar-refractivity contribution in [3.05, 3.63) is 53.6 Å². The molecule has 0 unspecified atom stereocenters. The van der Waals surface area contributed by atoms with Gasteiger partial charge >= 0.3 is 0 Å². The molecule has 0 saturated heterocycles. The van der Waals surface area contributed by atoms with Crippen molar-refractivity contribution in [3.63, 3.8) is 0 Å². The van der Waals surface area contributed by atoms with Crippen LogP contribution in [0, 0.1) is 10.8 Å². The molecule has 0 spiro atoms. The second kappa shape index (κ2) is 7.38. The molecule has 0 radical (unpaired) electrons. The molecule has 0 fully saturated rings. The second-order valence-electron chi connectivity index (χ2n) is 12.2. The van der Waals surface area contributed by atoms with Crippen LogP contribution in [0.15, 0.2) is 42.5 Å². The van der Waals surface area contributed by atoms with Crippen molar-refractivity contribution in [2.75, 3.05) is 0 Å². The van der Waals surface area contributed by atoms with E-state index in [1.165, 1.54) is 32.7 Å². The Labute approximate surface area is 199 Å². The molecule has 166 valence electrons. The Morgan fingerprint density at radius 2 is 1.55 bits per heavy atom. The molecule has 2 heterocycles. The van der Waals surface area contributed by atoms with E-state index in [1.807, 2.05) is 0 Å². The van der Waals surface area contributed by atoms with Crippen molar-refractivity contribution in [2.24, 2.45) is 10.8 Å². The monoisotopic (exact) mass is 433 g/mol. The van der Waals surface area contributed by atoms with Crippen LogP contribution in [0.25, 0.3) is 32.8 Å². The van der Waals surface area contributed by atoms with Crippen molar-refractivity contribution in [1.29, 1.82) is 0 Å². The van der Waals surface area contributed by atoms with Crippen molar-refractivity contribution >= 4 is 48.3 Å². The number of hydrogen-bond acceptors (Lipinski definition) is 2. The van der Waals surface area contributed by atoms with E-state index in [9.17, 15) is 0 Å². The highest BCUT2D eigenvalue weighted by Crippen LogP contribution is 2.50. The first kappa shape index (κ1) is 22.1. The molecular formula is C29H33B2NO. The summed E-state index contributed by atoms with van der Waals surface area (Å²) in [5, 5.41) is 4.95. The van der Waals surface area contributed by atoms with Crippen LogP contribution in [0.5, 0.6) is 11.5 Å². The molecule has 4 aromatic rings. The maximum absolute atomic E-state index is 6.84. The summed E-state index contributed by atoms with van der Waals surface area (Å²) < 4.78 is 6.84. The number of aromatic nitrogens is 1. The zero-order valence-corrected chi connectivity index (χ0v) is 21.3. The van der Waals surface area contributed by atoms with Crippen LogP contribution >= 0.6 is 0 Å². The van der Waals surface area contributed by atoms with Gasteiger partial charge in [-0.1, -0.05) is 77.3 Å². The second-order valence-corrected chi connectivity index (χ2v) is 12.2. The van der Waals surface area contributed by atoms with E-state index in [1.54, 1.807) is 0 Å². The van der Waals surface area contributed by atoms with Gasteiger partial charge in [0.1, 0.15) is 19.3 Å². The third-order valence-electron chi connectivity index (χ3n) is 6.64. The van der Waals surface area contributed by atoms with Gasteiger partial charge in [0.15, 0.2) is 7.85 Å². The lowest BCUT2D eigenvalue weighted by Crippen LogP contribution is -2.31. The fourth-order valence-corrected chi connectivity index (χ4v) is 5.22. The molecule has 0 atom stereocenters. The molecule has 0 bridgehead atoms. The molecule has 0 amide bonds. The number of ether oxygens (including phenoxy) is 1. The minimum Gasteiger partial charge on any atom is -0.456 e. The van der Waals surface area contributed by atoms with Gasteiger partial charge in [0.2, 0.25) is 0 Å². The lowest BCUT2D eigenvalue weighted by atomic mass is 9.78. The smallest absolute Gasteiger partial charge is 0.163 e. The highest BCUT2D eigenvalue weighted by atomic mass is 16.5. The lowest BCUT2D eigenvalue weighted by molar-refractivity contribution is 0.398. The summed E-state index contributed by atoms with van der Waals surface area (Å²) in [5.74, 6) is 1.94. The minimum absolute atomic E-state index is 0.140. The molecule has 0 aliphatic carbocycles. The molecule has 1 aliphatic rings. The first-order valence-electron chi connectivity index (χ1n) is 12.1. The summed E-state index contributed by atoms with van der Waals surface area (Å²) in [5.41, 5.74) is 7.48. The molecule has 5 rings (SSSR count). The first-order valence-corrected chi connectivity index (χ1v) is 12.1. The van der Waals surface area contributed by atoms with E-state index in [2.05, 4.69) is 99.7 Å². The number of benzene rings is 3. The standard InChI is InChI=1S/C29H33B2NO/c1-28(2,3)14-16-11-19-23-22(12-16)33-26-20(25(23)32-27(31)24(19)30)13-17-9-7-8-10-18(17)21(26)15-29(4,5)6/h7-13H,14-15,30-31H2,1-6H3. The maximum atomic E-state index is 6.84. The Morgan fingerprint density at radius 3 is 2.24 bits per heavy atom. The molecule has 3 aromatic carbocycles. The maximum Gasteiger partial charge on any atom is 0.163 e. The molecule has 0 N–H and O–H groups in total. The van der Waals surface area contributed by atoms with E-state index in [-0.39, 0.29) is 10.8 Å². The van der Waals surface area contributed by atoms with Gasteiger partial charge in [0.25, 0.3) is 0 Å². The third kappa shape index (κ3) is 3.94. The molecule has 4 heteroatoms. The van der Waals surface area contributed by atoms with Crippen molar-refractivity contribution in [3.8, 4) is 22.8 Å². The Balaban J connectivity index is 1.86. The van der Waals surface area contributed by atoms with E-state index in [4.69, 9.17) is 9.72 Å². The number of hydrogen-bond donors (Lipinski definition) is 0. The van der Waals surface area contributed by atoms with Crippen molar-refractivity contribution in [1.82, 2.24) is 4.98 Å². The van der Waals surface area contributed by atoms with Crippen molar-refractivity contribution < 1.29 is 4.74 Å². The molecule has 33 heavy (non-hydrogen) atoms. The Kier molecular flexibility index (Phi) is 4.94. The Bertz CT molecular complexity index is 1420. The summed E-state index contributed by atoms with van der Waals surface area (Å²) in [6.45, 7) is 13.8. The predicted molar refractivity (Wildman–Crippen MR) is 147 cm³/mol. The van der Waals surface area contributed by atoms with Gasteiger partial charge in [0.05, 0.1) is 11.1 Å². The molecule has 0 saturated carbocycles. The summed E-state index contributed by atoms with van der Waals surface area (Å²) in [6, 6.07) is 15.6. The highest BCUT2D eigenvalue weighted by molar-refractivity contribution is 6.52. The average Bonchev–Trinajstić information content (AvgIpc) is 2.70. The number of pyridine rings is 1. The summed E-state index contributed by atoms with van der Waals surface area (Å²) in [4.78, 5) is 5.14. The van der Waals surface area contributed by atoms with Gasteiger partial charge in [-0.25, -0.2) is 0 Å². The van der Waals surface area contributed by atoms with Gasteiger partial charge < -0.3 is 4.74 Å². The largest absolute Gasteiger partial charge is 0.456 e. The summed E-state index contributed by atoms with van der Waals surface area (Å²) in [7, 11) is 4.32. The normalized spacial score (nSPS) is 13.3. The quantitative estimate of drug-likeness (QED) is 0.372. The number of fused-ring (bicyclic) bond motifs is 3. The van der Waals surface area contributed by atoms with E-state index in [0.717, 1.165) is 46.6 Å². The summed E-state index contributed by atoms with van der Waals surface area (Å²) >= 11 is 0. The van der Waals surface area contributed by atoms with Crippen LogP contribution in [0.3, 0.4) is 0 Å². The van der Waals surface area contributed by atoms with Gasteiger partial charge in [-0.3, -0.25) is 4.98 Å². The SMILES string of the molecule is Bc1nc2c3c(cc(CC(C)(C)C)cc3c1B)Oc1c-2cc2ccccc2c1CC(C)(C)C. The van der Waals surface area contributed by atoms with Gasteiger partial charge in [-0.05, 0) is 63.1 Å². The summed E-state index contributed by atoms with van der Waals surface area (Å²) in [6.07, 6.45) is 1.95. The van der Waals surface area contributed by atoms with Crippen molar-refractivity contribution in [2.45, 2.75) is 54.4 Å². The predicted octanol–water partition coefficient (Wildman–Crippen LogP) is 4.85. The van der Waals surface area contributed by atoms with Crippen LogP contribution in [0.2, 0.25) is 0 Å². The topological polar surface area (TPSA) is 22.1 Å². The minimum atomic E-state index is 0.140. The fourth-order valence-electron chi connectivity index (χ4n) is 5.22. The third-order valence-corrected chi connectivity index (χ3v) is 6.64. The van der Waals surface area contributed by atoms with Crippen LogP contribution in [-0.2, 0) is 12.8 Å². The van der Waals surface area contributed by atoms with Crippen LogP contribution < -0.4 is 15.8 Å². The molecular weight excluding hydrogens is 400 g/mol. The fraction of sp³-hybridized carbons (Fsp3) is 0.345. The van der Waals surface area contributed by atoms with E-state index in [0.29, 0.717) is 0 Å². The zero-order chi connectivity index (χ0) is 23.7. The van der Waals surface area contributed by atoms with Crippen LogP contribution in [0.4, 0.5) is 0 Å². The van der Waals surface area contributed by atoms with Gasteiger partial charge in [-0.2, -0.15) is 0 Å². The Morgan fingerprint density at radius 1 is 0.848 bits per heavy atom.